The van der Waals surface area contributed by atoms with Crippen molar-refractivity contribution in [2.45, 2.75) is 57.8 Å². The topological polar surface area (TPSA) is 37.4 Å². The van der Waals surface area contributed by atoms with E-state index in [4.69, 9.17) is 4.74 Å². The Bertz CT molecular complexity index is 736. The van der Waals surface area contributed by atoms with Crippen LogP contribution in [0.2, 0.25) is 0 Å². The fraction of sp³-hybridized carbons (Fsp3) is 0.500. The van der Waals surface area contributed by atoms with Crippen molar-refractivity contribution in [1.82, 2.24) is 15.2 Å². The molecule has 26 heavy (non-hydrogen) atoms. The van der Waals surface area contributed by atoms with Gasteiger partial charge in [0.1, 0.15) is 11.4 Å². The number of hydrogen-bond donors (Lipinski definition) is 1. The first-order valence-electron chi connectivity index (χ1n) is 9.74. The standard InChI is InChI=1S/C22H29N3O/c1-22(2)14-18-13-17(6-7-21(18)26-22)15-24-19-8-11-25(12-9-19)16-20-5-3-4-10-23-20/h3-7,10,13,19,24H,8-9,11-12,14-16H2,1-2H3. The molecule has 4 rings (SSSR count). The molecule has 2 aromatic rings. The van der Waals surface area contributed by atoms with Gasteiger partial charge in [-0.05, 0) is 56.0 Å². The molecule has 1 aromatic heterocycles. The van der Waals surface area contributed by atoms with Gasteiger partial charge in [0.25, 0.3) is 0 Å². The van der Waals surface area contributed by atoms with Crippen LogP contribution in [0.15, 0.2) is 42.6 Å². The molecule has 1 fully saturated rings. The molecule has 4 heteroatoms. The van der Waals surface area contributed by atoms with Crippen LogP contribution in [0.1, 0.15) is 43.5 Å². The maximum absolute atomic E-state index is 5.97. The van der Waals surface area contributed by atoms with Gasteiger partial charge in [0.2, 0.25) is 0 Å². The molecule has 1 aromatic carbocycles. The summed E-state index contributed by atoms with van der Waals surface area (Å²) in [5, 5.41) is 3.75. The molecule has 138 valence electrons. The molecule has 2 aliphatic heterocycles. The molecule has 0 aliphatic carbocycles. The van der Waals surface area contributed by atoms with E-state index < -0.39 is 0 Å². The Hall–Kier alpha value is -1.91. The highest BCUT2D eigenvalue weighted by atomic mass is 16.5. The van der Waals surface area contributed by atoms with Crippen LogP contribution in [0.25, 0.3) is 0 Å². The quantitative estimate of drug-likeness (QED) is 0.894. The number of likely N-dealkylation sites (tertiary alicyclic amines) is 1. The Kier molecular flexibility index (Phi) is 4.96. The molecule has 1 saturated heterocycles. The Morgan fingerprint density at radius 2 is 2.04 bits per heavy atom. The van der Waals surface area contributed by atoms with Crippen molar-refractivity contribution in [3.63, 3.8) is 0 Å². The number of fused-ring (bicyclic) bond motifs is 1. The van der Waals surface area contributed by atoms with Gasteiger partial charge in [0, 0.05) is 44.8 Å². The number of benzene rings is 1. The minimum atomic E-state index is -0.0607. The van der Waals surface area contributed by atoms with Crippen molar-refractivity contribution >= 4 is 0 Å². The van der Waals surface area contributed by atoms with Crippen LogP contribution in [0.3, 0.4) is 0 Å². The summed E-state index contributed by atoms with van der Waals surface area (Å²) in [6.07, 6.45) is 5.29. The van der Waals surface area contributed by atoms with Gasteiger partial charge in [-0.2, -0.15) is 0 Å². The molecular formula is C22H29N3O. The first-order chi connectivity index (χ1) is 12.6. The second-order valence-electron chi connectivity index (χ2n) is 8.23. The lowest BCUT2D eigenvalue weighted by atomic mass is 10.00. The van der Waals surface area contributed by atoms with Crippen LogP contribution in [-0.4, -0.2) is 34.6 Å². The van der Waals surface area contributed by atoms with E-state index in [-0.39, 0.29) is 5.60 Å². The van der Waals surface area contributed by atoms with Crippen molar-refractivity contribution in [1.29, 1.82) is 0 Å². The number of pyridine rings is 1. The van der Waals surface area contributed by atoms with Crippen LogP contribution in [0.5, 0.6) is 5.75 Å². The van der Waals surface area contributed by atoms with E-state index in [1.54, 1.807) is 0 Å². The Morgan fingerprint density at radius 1 is 1.19 bits per heavy atom. The van der Waals surface area contributed by atoms with Crippen LogP contribution >= 0.6 is 0 Å². The van der Waals surface area contributed by atoms with E-state index in [0.29, 0.717) is 6.04 Å². The highest BCUT2D eigenvalue weighted by molar-refractivity contribution is 5.41. The lowest BCUT2D eigenvalue weighted by Gasteiger charge is -2.32. The number of nitrogens with one attached hydrogen (secondary N) is 1. The number of aromatic nitrogens is 1. The molecule has 2 aliphatic rings. The largest absolute Gasteiger partial charge is 0.487 e. The number of nitrogens with zero attached hydrogens (tertiary/aromatic N) is 2. The first kappa shape index (κ1) is 17.5. The van der Waals surface area contributed by atoms with Crippen molar-refractivity contribution in [2.24, 2.45) is 0 Å². The highest BCUT2D eigenvalue weighted by Crippen LogP contribution is 2.35. The molecule has 0 amide bonds. The molecular weight excluding hydrogens is 322 g/mol. The predicted molar refractivity (Wildman–Crippen MR) is 104 cm³/mol. The zero-order valence-electron chi connectivity index (χ0n) is 15.9. The fourth-order valence-electron chi connectivity index (χ4n) is 4.05. The zero-order valence-corrected chi connectivity index (χ0v) is 15.9. The number of rotatable bonds is 5. The van der Waals surface area contributed by atoms with Crippen molar-refractivity contribution in [3.05, 3.63) is 59.4 Å². The van der Waals surface area contributed by atoms with E-state index in [9.17, 15) is 0 Å². The van der Waals surface area contributed by atoms with Gasteiger partial charge in [0.15, 0.2) is 0 Å². The van der Waals surface area contributed by atoms with Gasteiger partial charge in [-0.3, -0.25) is 9.88 Å². The third-order valence-corrected chi connectivity index (χ3v) is 5.42. The summed E-state index contributed by atoms with van der Waals surface area (Å²) < 4.78 is 5.97. The summed E-state index contributed by atoms with van der Waals surface area (Å²) in [6, 6.07) is 13.4. The second kappa shape index (κ2) is 7.37. The van der Waals surface area contributed by atoms with Crippen molar-refractivity contribution in [2.75, 3.05) is 13.1 Å². The van der Waals surface area contributed by atoms with Gasteiger partial charge >= 0.3 is 0 Å². The molecule has 0 saturated carbocycles. The van der Waals surface area contributed by atoms with Gasteiger partial charge in [-0.25, -0.2) is 0 Å². The minimum Gasteiger partial charge on any atom is -0.487 e. The smallest absolute Gasteiger partial charge is 0.123 e. The van der Waals surface area contributed by atoms with Gasteiger partial charge in [-0.15, -0.1) is 0 Å². The molecule has 0 spiro atoms. The molecule has 0 bridgehead atoms. The SMILES string of the molecule is CC1(C)Cc2cc(CNC3CCN(Cc4ccccn4)CC3)ccc2O1. The third-order valence-electron chi connectivity index (χ3n) is 5.42. The fourth-order valence-corrected chi connectivity index (χ4v) is 4.05. The Labute approximate surface area is 156 Å². The van der Waals surface area contributed by atoms with Crippen LogP contribution in [0, 0.1) is 0 Å². The Morgan fingerprint density at radius 3 is 2.81 bits per heavy atom. The summed E-state index contributed by atoms with van der Waals surface area (Å²) in [7, 11) is 0. The lowest BCUT2D eigenvalue weighted by molar-refractivity contribution is 0.138. The lowest BCUT2D eigenvalue weighted by Crippen LogP contribution is -2.41. The first-order valence-corrected chi connectivity index (χ1v) is 9.74. The average Bonchev–Trinajstić information content (AvgIpc) is 2.95. The summed E-state index contributed by atoms with van der Waals surface area (Å²) in [6.45, 7) is 8.50. The second-order valence-corrected chi connectivity index (χ2v) is 8.23. The predicted octanol–water partition coefficient (Wildman–Crippen LogP) is 3.55. The van der Waals surface area contributed by atoms with Crippen LogP contribution < -0.4 is 10.1 Å². The highest BCUT2D eigenvalue weighted by Gasteiger charge is 2.29. The van der Waals surface area contributed by atoms with Gasteiger partial charge < -0.3 is 10.1 Å². The van der Waals surface area contributed by atoms with Crippen molar-refractivity contribution in [3.8, 4) is 5.75 Å². The molecule has 3 heterocycles. The summed E-state index contributed by atoms with van der Waals surface area (Å²) in [5.74, 6) is 1.06. The summed E-state index contributed by atoms with van der Waals surface area (Å²) in [4.78, 5) is 6.95. The maximum atomic E-state index is 5.97. The van der Waals surface area contributed by atoms with E-state index in [2.05, 4.69) is 59.4 Å². The number of piperidine rings is 1. The number of hydrogen-bond acceptors (Lipinski definition) is 4. The minimum absolute atomic E-state index is 0.0607. The molecule has 0 unspecified atom stereocenters. The molecule has 0 atom stereocenters. The maximum Gasteiger partial charge on any atom is 0.123 e. The summed E-state index contributed by atoms with van der Waals surface area (Å²) in [5.41, 5.74) is 3.82. The normalized spacial score (nSPS) is 19.9. The summed E-state index contributed by atoms with van der Waals surface area (Å²) >= 11 is 0. The number of ether oxygens (including phenoxy) is 1. The molecule has 0 radical (unpaired) electrons. The zero-order chi connectivity index (χ0) is 18.0. The van der Waals surface area contributed by atoms with Crippen LogP contribution in [0.4, 0.5) is 0 Å². The average molecular weight is 351 g/mol. The monoisotopic (exact) mass is 351 g/mol. The molecule has 1 N–H and O–H groups in total. The van der Waals surface area contributed by atoms with E-state index in [1.807, 2.05) is 12.3 Å². The Balaban J connectivity index is 1.24. The van der Waals surface area contributed by atoms with Gasteiger partial charge in [0.05, 0.1) is 5.69 Å². The van der Waals surface area contributed by atoms with Gasteiger partial charge in [-0.1, -0.05) is 18.2 Å². The third kappa shape index (κ3) is 4.25. The molecule has 4 nitrogen and oxygen atoms in total. The van der Waals surface area contributed by atoms with E-state index in [1.165, 1.54) is 29.7 Å². The van der Waals surface area contributed by atoms with E-state index in [0.717, 1.165) is 38.3 Å². The van der Waals surface area contributed by atoms with Crippen molar-refractivity contribution < 1.29 is 4.74 Å². The van der Waals surface area contributed by atoms with E-state index >= 15 is 0 Å². The van der Waals surface area contributed by atoms with Crippen LogP contribution in [-0.2, 0) is 19.5 Å².